The molecule has 0 N–H and O–H groups in total. The summed E-state index contributed by atoms with van der Waals surface area (Å²) in [4.78, 5) is 36.5. The molecule has 3 fully saturated rings. The molecule has 7 nitrogen and oxygen atoms in total. The first kappa shape index (κ1) is 15.2. The Hall–Kier alpha value is -1.18. The van der Waals surface area contributed by atoms with Gasteiger partial charge >= 0.3 is 0 Å². The highest BCUT2D eigenvalue weighted by Gasteiger charge is 2.47. The molecule has 0 saturated carbocycles. The number of nitrogens with zero attached hydrogens (tertiary/aromatic N) is 3. The second-order valence-electron chi connectivity index (χ2n) is 5.44. The molecular weight excluding hydrogens is 262 g/mol. The first-order valence-corrected chi connectivity index (χ1v) is 6.87. The van der Waals surface area contributed by atoms with E-state index in [0.717, 1.165) is 13.0 Å². The van der Waals surface area contributed by atoms with E-state index in [2.05, 4.69) is 4.90 Å². The third kappa shape index (κ3) is 2.65. The van der Waals surface area contributed by atoms with Crippen LogP contribution in [0.5, 0.6) is 0 Å². The zero-order valence-corrected chi connectivity index (χ0v) is 12.5. The Labute approximate surface area is 119 Å². The van der Waals surface area contributed by atoms with Gasteiger partial charge in [-0.05, 0) is 25.3 Å². The van der Waals surface area contributed by atoms with Gasteiger partial charge in [-0.15, -0.1) is 0 Å². The number of piperidine rings is 3. The van der Waals surface area contributed by atoms with E-state index in [-0.39, 0.29) is 29.7 Å². The summed E-state index contributed by atoms with van der Waals surface area (Å²) in [6.07, 6.45) is 1.66. The number of likely N-dealkylation sites (N-methyl/N-ethyl adjacent to an activating group) is 1. The molecule has 3 saturated heterocycles. The van der Waals surface area contributed by atoms with Gasteiger partial charge in [0.1, 0.15) is 0 Å². The largest absolute Gasteiger partial charge is 0.291 e. The van der Waals surface area contributed by atoms with E-state index in [1.807, 2.05) is 0 Å². The van der Waals surface area contributed by atoms with Gasteiger partial charge in [-0.3, -0.25) is 24.2 Å². The SMILES string of the molecule is CON(C)C(=O)[C@H]1CN2CC[C@H]1C[C@H]2C(=O)N(C)OC. The molecule has 20 heavy (non-hydrogen) atoms. The van der Waals surface area contributed by atoms with Crippen LogP contribution in [0.15, 0.2) is 0 Å². The predicted octanol–water partition coefficient (Wildman–Crippen LogP) is -0.264. The average molecular weight is 285 g/mol. The summed E-state index contributed by atoms with van der Waals surface area (Å²) in [6, 6.07) is -0.171. The van der Waals surface area contributed by atoms with Crippen LogP contribution in [0.2, 0.25) is 0 Å². The molecule has 7 heteroatoms. The van der Waals surface area contributed by atoms with Gasteiger partial charge in [0.05, 0.1) is 26.2 Å². The third-order valence-corrected chi connectivity index (χ3v) is 4.52. The molecule has 1 unspecified atom stereocenters. The van der Waals surface area contributed by atoms with E-state index < -0.39 is 0 Å². The lowest BCUT2D eigenvalue weighted by Gasteiger charge is -2.49. The van der Waals surface area contributed by atoms with Gasteiger partial charge < -0.3 is 0 Å². The van der Waals surface area contributed by atoms with Crippen LogP contribution in [-0.4, -0.2) is 74.3 Å². The van der Waals surface area contributed by atoms with Crippen molar-refractivity contribution in [3.05, 3.63) is 0 Å². The monoisotopic (exact) mass is 285 g/mol. The highest BCUT2D eigenvalue weighted by atomic mass is 16.7. The molecule has 0 aliphatic carbocycles. The maximum absolute atomic E-state index is 12.2. The standard InChI is InChI=1S/C13H23N3O4/c1-14(19-3)12(17)10-8-16-6-5-9(10)7-11(16)13(18)15(2)20-4/h9-11H,5-8H2,1-4H3/t9-,10-,11-/m0/s1. The van der Waals surface area contributed by atoms with Crippen molar-refractivity contribution >= 4 is 11.8 Å². The molecule has 114 valence electrons. The molecule has 2 amide bonds. The smallest absolute Gasteiger partial charge is 0.263 e. The molecule has 3 aliphatic rings. The minimum Gasteiger partial charge on any atom is -0.291 e. The Morgan fingerprint density at radius 2 is 1.70 bits per heavy atom. The van der Waals surface area contributed by atoms with Crippen molar-refractivity contribution in [1.29, 1.82) is 0 Å². The zero-order valence-electron chi connectivity index (χ0n) is 12.5. The Bertz CT molecular complexity index is 354. The molecule has 3 rings (SSSR count). The molecule has 3 aliphatic heterocycles. The van der Waals surface area contributed by atoms with Crippen LogP contribution in [0.25, 0.3) is 0 Å². The van der Waals surface area contributed by atoms with Crippen molar-refractivity contribution in [2.75, 3.05) is 41.4 Å². The lowest BCUT2D eigenvalue weighted by molar-refractivity contribution is -0.188. The molecule has 0 radical (unpaired) electrons. The fourth-order valence-corrected chi connectivity index (χ4v) is 3.19. The minimum absolute atomic E-state index is 0.00630. The van der Waals surface area contributed by atoms with E-state index >= 15 is 0 Å². The van der Waals surface area contributed by atoms with Gasteiger partial charge in [-0.2, -0.15) is 0 Å². The zero-order chi connectivity index (χ0) is 14.9. The summed E-state index contributed by atoms with van der Waals surface area (Å²) in [5.41, 5.74) is 0. The minimum atomic E-state index is -0.171. The topological polar surface area (TPSA) is 62.3 Å². The molecule has 3 heterocycles. The van der Waals surface area contributed by atoms with Crippen LogP contribution in [0.4, 0.5) is 0 Å². The van der Waals surface area contributed by atoms with Crippen molar-refractivity contribution in [2.24, 2.45) is 11.8 Å². The lowest BCUT2D eigenvalue weighted by Crippen LogP contribution is -2.61. The number of carbonyl (C=O) groups excluding carboxylic acids is 2. The number of hydroxylamine groups is 4. The predicted molar refractivity (Wildman–Crippen MR) is 71.1 cm³/mol. The summed E-state index contributed by atoms with van der Waals surface area (Å²) in [7, 11) is 6.21. The maximum atomic E-state index is 12.2. The summed E-state index contributed by atoms with van der Waals surface area (Å²) in [5.74, 6) is 0.117. The van der Waals surface area contributed by atoms with Gasteiger partial charge in [0.2, 0.25) is 0 Å². The molecule has 0 aromatic heterocycles. The summed E-state index contributed by atoms with van der Waals surface area (Å²) >= 11 is 0. The fourth-order valence-electron chi connectivity index (χ4n) is 3.19. The number of fused-ring (bicyclic) bond motifs is 3. The summed E-state index contributed by atoms with van der Waals surface area (Å²) < 4.78 is 0. The third-order valence-electron chi connectivity index (χ3n) is 4.52. The second kappa shape index (κ2) is 6.07. The highest BCUT2D eigenvalue weighted by Crippen LogP contribution is 2.37. The molecule has 0 aromatic rings. The van der Waals surface area contributed by atoms with Crippen LogP contribution in [0.1, 0.15) is 12.8 Å². The quantitative estimate of drug-likeness (QED) is 0.666. The Kier molecular flexibility index (Phi) is 4.62. The van der Waals surface area contributed by atoms with Crippen molar-refractivity contribution in [1.82, 2.24) is 15.0 Å². The van der Waals surface area contributed by atoms with Crippen molar-refractivity contribution in [2.45, 2.75) is 18.9 Å². The number of hydrogen-bond donors (Lipinski definition) is 0. The van der Waals surface area contributed by atoms with Gasteiger partial charge in [-0.25, -0.2) is 10.1 Å². The van der Waals surface area contributed by atoms with Crippen molar-refractivity contribution < 1.29 is 19.3 Å². The van der Waals surface area contributed by atoms with Crippen LogP contribution >= 0.6 is 0 Å². The average Bonchev–Trinajstić information content (AvgIpc) is 2.51. The first-order chi connectivity index (χ1) is 9.49. The van der Waals surface area contributed by atoms with Gasteiger partial charge in [-0.1, -0.05) is 0 Å². The highest BCUT2D eigenvalue weighted by molar-refractivity contribution is 5.83. The molecule has 0 spiro atoms. The van der Waals surface area contributed by atoms with Gasteiger partial charge in [0.15, 0.2) is 0 Å². The van der Waals surface area contributed by atoms with E-state index in [0.29, 0.717) is 13.0 Å². The Morgan fingerprint density at radius 1 is 1.10 bits per heavy atom. The number of amides is 2. The van der Waals surface area contributed by atoms with Crippen LogP contribution in [0.3, 0.4) is 0 Å². The number of carbonyl (C=O) groups is 2. The lowest BCUT2D eigenvalue weighted by atomic mass is 9.75. The van der Waals surface area contributed by atoms with Gasteiger partial charge in [0.25, 0.3) is 11.8 Å². The second-order valence-corrected chi connectivity index (χ2v) is 5.44. The summed E-state index contributed by atoms with van der Waals surface area (Å²) in [5, 5.41) is 2.55. The number of hydrogen-bond acceptors (Lipinski definition) is 5. The van der Waals surface area contributed by atoms with Crippen LogP contribution < -0.4 is 0 Å². The van der Waals surface area contributed by atoms with Gasteiger partial charge in [0, 0.05) is 20.6 Å². The van der Waals surface area contributed by atoms with Crippen LogP contribution in [0, 0.1) is 11.8 Å². The summed E-state index contributed by atoms with van der Waals surface area (Å²) in [6.45, 7) is 1.48. The van der Waals surface area contributed by atoms with Crippen molar-refractivity contribution in [3.8, 4) is 0 Å². The first-order valence-electron chi connectivity index (χ1n) is 6.87. The van der Waals surface area contributed by atoms with E-state index in [1.54, 1.807) is 14.1 Å². The maximum Gasteiger partial charge on any atom is 0.263 e. The van der Waals surface area contributed by atoms with E-state index in [1.165, 1.54) is 24.3 Å². The molecule has 4 atom stereocenters. The molecule has 0 aromatic carbocycles. The van der Waals surface area contributed by atoms with Crippen molar-refractivity contribution in [3.63, 3.8) is 0 Å². The van der Waals surface area contributed by atoms with E-state index in [9.17, 15) is 9.59 Å². The molecular formula is C13H23N3O4. The van der Waals surface area contributed by atoms with Crippen LogP contribution in [-0.2, 0) is 19.3 Å². The molecule has 2 bridgehead atoms. The van der Waals surface area contributed by atoms with E-state index in [4.69, 9.17) is 9.68 Å². The fraction of sp³-hybridized carbons (Fsp3) is 0.846. The Morgan fingerprint density at radius 3 is 2.20 bits per heavy atom. The Balaban J connectivity index is 2.05. The number of rotatable bonds is 4. The normalized spacial score (nSPS) is 32.0.